The van der Waals surface area contributed by atoms with Crippen molar-refractivity contribution in [3.05, 3.63) is 28.2 Å². The van der Waals surface area contributed by atoms with Crippen LogP contribution in [-0.2, 0) is 11.2 Å². The number of methoxy groups -OCH3 is 1. The van der Waals surface area contributed by atoms with Gasteiger partial charge in [-0.1, -0.05) is 6.07 Å². The zero-order valence-electron chi connectivity index (χ0n) is 14.1. The Morgan fingerprint density at radius 3 is 2.67 bits per heavy atom. The number of aryl methyl sites for hydroxylation is 1. The topological polar surface area (TPSA) is 41.6 Å². The van der Waals surface area contributed by atoms with E-state index in [1.54, 1.807) is 7.11 Å². The van der Waals surface area contributed by atoms with Gasteiger partial charge in [-0.3, -0.25) is 4.79 Å². The van der Waals surface area contributed by atoms with E-state index >= 15 is 0 Å². The minimum atomic E-state index is 0. The molecule has 1 N–H and O–H groups in total. The van der Waals surface area contributed by atoms with Crippen molar-refractivity contribution in [1.29, 1.82) is 0 Å². The molecule has 1 spiro atoms. The van der Waals surface area contributed by atoms with Crippen LogP contribution in [0, 0.1) is 5.41 Å². The van der Waals surface area contributed by atoms with Gasteiger partial charge in [0.15, 0.2) is 0 Å². The summed E-state index contributed by atoms with van der Waals surface area (Å²) in [6.45, 7) is 4.12. The molecule has 2 aliphatic heterocycles. The zero-order valence-corrected chi connectivity index (χ0v) is 16.5. The number of hydrogen-bond acceptors (Lipinski definition) is 3. The highest BCUT2D eigenvalue weighted by atomic mass is 79.9. The van der Waals surface area contributed by atoms with Gasteiger partial charge in [0.1, 0.15) is 5.75 Å². The first-order chi connectivity index (χ1) is 11.1. The number of carbonyl (C=O) groups excluding carboxylic acids is 1. The molecule has 2 heterocycles. The number of carbonyl (C=O) groups is 1. The summed E-state index contributed by atoms with van der Waals surface area (Å²) >= 11 is 3.50. The minimum absolute atomic E-state index is 0. The Bertz CT molecular complexity index is 566. The van der Waals surface area contributed by atoms with Crippen molar-refractivity contribution in [2.45, 2.75) is 32.1 Å². The maximum atomic E-state index is 12.5. The molecule has 134 valence electrons. The number of ether oxygens (including phenoxy) is 1. The van der Waals surface area contributed by atoms with Gasteiger partial charge in [0.25, 0.3) is 0 Å². The fourth-order valence-corrected chi connectivity index (χ4v) is 4.32. The Hall–Kier alpha value is -0.780. The smallest absolute Gasteiger partial charge is 0.222 e. The number of piperidine rings is 1. The number of halogens is 2. The van der Waals surface area contributed by atoms with E-state index in [2.05, 4.69) is 26.1 Å². The molecule has 2 saturated heterocycles. The number of likely N-dealkylation sites (tertiary alicyclic amines) is 1. The van der Waals surface area contributed by atoms with Crippen LogP contribution in [0.15, 0.2) is 22.7 Å². The number of hydrogen-bond donors (Lipinski definition) is 1. The normalized spacial score (nSPS) is 19.2. The van der Waals surface area contributed by atoms with E-state index in [9.17, 15) is 4.79 Å². The molecule has 24 heavy (non-hydrogen) atoms. The summed E-state index contributed by atoms with van der Waals surface area (Å²) in [4.78, 5) is 14.5. The Labute approximate surface area is 158 Å². The number of benzene rings is 1. The second-order valence-corrected chi connectivity index (χ2v) is 7.63. The highest BCUT2D eigenvalue weighted by Gasteiger charge is 2.37. The lowest BCUT2D eigenvalue weighted by molar-refractivity contribution is -0.133. The van der Waals surface area contributed by atoms with Gasteiger partial charge >= 0.3 is 0 Å². The summed E-state index contributed by atoms with van der Waals surface area (Å²) in [5, 5.41) is 3.47. The van der Waals surface area contributed by atoms with Crippen LogP contribution < -0.4 is 10.1 Å². The Balaban J connectivity index is 0.00000208. The number of nitrogens with zero attached hydrogens (tertiary/aromatic N) is 1. The average Bonchev–Trinajstić information content (AvgIpc) is 3.01. The van der Waals surface area contributed by atoms with Crippen LogP contribution in [0.1, 0.15) is 31.2 Å². The Kier molecular flexibility index (Phi) is 6.96. The van der Waals surface area contributed by atoms with E-state index in [1.807, 2.05) is 18.2 Å². The van der Waals surface area contributed by atoms with Crippen molar-refractivity contribution in [1.82, 2.24) is 10.2 Å². The van der Waals surface area contributed by atoms with Crippen LogP contribution in [-0.4, -0.2) is 44.1 Å². The van der Waals surface area contributed by atoms with Gasteiger partial charge in [0, 0.05) is 26.1 Å². The van der Waals surface area contributed by atoms with Crippen molar-refractivity contribution in [3.8, 4) is 5.75 Å². The molecule has 2 aliphatic rings. The predicted molar refractivity (Wildman–Crippen MR) is 102 cm³/mol. The van der Waals surface area contributed by atoms with E-state index in [4.69, 9.17) is 4.74 Å². The van der Waals surface area contributed by atoms with E-state index < -0.39 is 0 Å². The first-order valence-electron chi connectivity index (χ1n) is 8.43. The first kappa shape index (κ1) is 19.5. The third kappa shape index (κ3) is 4.44. The lowest BCUT2D eigenvalue weighted by Crippen LogP contribution is -2.44. The lowest BCUT2D eigenvalue weighted by Gasteiger charge is -2.39. The fraction of sp³-hybridized carbons (Fsp3) is 0.611. The zero-order chi connectivity index (χ0) is 16.3. The quantitative estimate of drug-likeness (QED) is 0.816. The molecule has 0 aliphatic carbocycles. The van der Waals surface area contributed by atoms with Crippen molar-refractivity contribution >= 4 is 34.2 Å². The maximum Gasteiger partial charge on any atom is 0.222 e. The van der Waals surface area contributed by atoms with E-state index in [0.717, 1.165) is 55.7 Å². The van der Waals surface area contributed by atoms with Crippen molar-refractivity contribution in [2.24, 2.45) is 5.41 Å². The standard InChI is InChI=1S/C18H25BrN2O2.ClH/c1-23-16-4-2-14(12-15(16)19)3-5-17(22)21-10-7-18(8-11-21)6-9-20-13-18;/h2,4,12,20H,3,5-11,13H2,1H3;1H. The van der Waals surface area contributed by atoms with Crippen LogP contribution >= 0.6 is 28.3 Å². The highest BCUT2D eigenvalue weighted by Crippen LogP contribution is 2.37. The molecular formula is C18H26BrClN2O2. The second kappa shape index (κ2) is 8.54. The molecule has 2 fully saturated rings. The van der Waals surface area contributed by atoms with Crippen molar-refractivity contribution in [3.63, 3.8) is 0 Å². The predicted octanol–water partition coefficient (Wildman–Crippen LogP) is 3.41. The minimum Gasteiger partial charge on any atom is -0.496 e. The monoisotopic (exact) mass is 416 g/mol. The molecule has 0 unspecified atom stereocenters. The second-order valence-electron chi connectivity index (χ2n) is 6.78. The Morgan fingerprint density at radius 2 is 2.08 bits per heavy atom. The summed E-state index contributed by atoms with van der Waals surface area (Å²) in [5.41, 5.74) is 1.64. The number of nitrogens with one attached hydrogen (secondary N) is 1. The summed E-state index contributed by atoms with van der Waals surface area (Å²) in [6, 6.07) is 6.02. The van der Waals surface area contributed by atoms with Gasteiger partial charge in [0.05, 0.1) is 11.6 Å². The van der Waals surface area contributed by atoms with Crippen molar-refractivity contribution < 1.29 is 9.53 Å². The molecule has 1 aromatic carbocycles. The largest absolute Gasteiger partial charge is 0.496 e. The van der Waals surface area contributed by atoms with Crippen LogP contribution in [0.25, 0.3) is 0 Å². The van der Waals surface area contributed by atoms with Gasteiger partial charge < -0.3 is 15.0 Å². The average molecular weight is 418 g/mol. The molecule has 0 atom stereocenters. The molecule has 0 bridgehead atoms. The van der Waals surface area contributed by atoms with Crippen LogP contribution in [0.3, 0.4) is 0 Å². The van der Waals surface area contributed by atoms with Gasteiger partial charge in [-0.25, -0.2) is 0 Å². The molecular weight excluding hydrogens is 392 g/mol. The molecule has 6 heteroatoms. The Morgan fingerprint density at radius 1 is 1.33 bits per heavy atom. The molecule has 0 saturated carbocycles. The molecule has 0 aromatic heterocycles. The third-order valence-electron chi connectivity index (χ3n) is 5.35. The van der Waals surface area contributed by atoms with Gasteiger partial charge in [-0.05, 0) is 71.3 Å². The number of rotatable bonds is 4. The molecule has 3 rings (SSSR count). The molecule has 0 radical (unpaired) electrons. The summed E-state index contributed by atoms with van der Waals surface area (Å²) < 4.78 is 6.18. The lowest BCUT2D eigenvalue weighted by atomic mass is 9.78. The van der Waals surface area contributed by atoms with E-state index in [0.29, 0.717) is 11.8 Å². The SMILES string of the molecule is COc1ccc(CCC(=O)N2CCC3(CCNC3)CC2)cc1Br.Cl. The van der Waals surface area contributed by atoms with Gasteiger partial charge in [0.2, 0.25) is 5.91 Å². The van der Waals surface area contributed by atoms with E-state index in [-0.39, 0.29) is 18.3 Å². The summed E-state index contributed by atoms with van der Waals surface area (Å²) in [5.74, 6) is 1.12. The maximum absolute atomic E-state index is 12.5. The highest BCUT2D eigenvalue weighted by molar-refractivity contribution is 9.10. The van der Waals surface area contributed by atoms with E-state index in [1.165, 1.54) is 12.0 Å². The van der Waals surface area contributed by atoms with Crippen LogP contribution in [0.2, 0.25) is 0 Å². The van der Waals surface area contributed by atoms with Crippen LogP contribution in [0.5, 0.6) is 5.75 Å². The van der Waals surface area contributed by atoms with Gasteiger partial charge in [-0.15, -0.1) is 12.4 Å². The van der Waals surface area contributed by atoms with Crippen LogP contribution in [0.4, 0.5) is 0 Å². The molecule has 4 nitrogen and oxygen atoms in total. The summed E-state index contributed by atoms with van der Waals surface area (Å²) in [6.07, 6.45) is 4.95. The molecule has 1 amide bonds. The van der Waals surface area contributed by atoms with Gasteiger partial charge in [-0.2, -0.15) is 0 Å². The third-order valence-corrected chi connectivity index (χ3v) is 5.97. The van der Waals surface area contributed by atoms with Crippen molar-refractivity contribution in [2.75, 3.05) is 33.3 Å². The fourth-order valence-electron chi connectivity index (χ4n) is 3.73. The first-order valence-corrected chi connectivity index (χ1v) is 9.22. The number of amides is 1. The molecule has 1 aromatic rings. The summed E-state index contributed by atoms with van der Waals surface area (Å²) in [7, 11) is 1.66.